The lowest BCUT2D eigenvalue weighted by Crippen LogP contribution is -2.56. The fraction of sp³-hybridized carbons (Fsp3) is 0.394. The molecule has 0 saturated carbocycles. The number of imide groups is 1. The number of anilines is 2. The standard InChI is InChI=1S/C33H37ClN4O3S/c1-3-37-32(40)38(30-14-11-26(22-29(30)34)25-7-6-8-28(21-25)42(2)41)31(39)33(37)15-19-35(20-16-33)23-24-9-12-27(13-10-24)36-17-4-5-18-36/h6-14,21-22H,3-5,15-20,23H2,1-2H3. The Balaban J connectivity index is 1.17. The number of likely N-dealkylation sites (tertiary alicyclic amines) is 1. The molecule has 220 valence electrons. The minimum Gasteiger partial charge on any atom is -0.372 e. The summed E-state index contributed by atoms with van der Waals surface area (Å²) in [5.41, 5.74) is 3.81. The van der Waals surface area contributed by atoms with Gasteiger partial charge >= 0.3 is 6.03 Å². The predicted molar refractivity (Wildman–Crippen MR) is 170 cm³/mol. The van der Waals surface area contributed by atoms with E-state index in [2.05, 4.69) is 34.1 Å². The molecule has 6 rings (SSSR count). The minimum absolute atomic E-state index is 0.193. The van der Waals surface area contributed by atoms with Gasteiger partial charge < -0.3 is 9.80 Å². The van der Waals surface area contributed by atoms with Gasteiger partial charge in [0.25, 0.3) is 5.91 Å². The molecular formula is C33H37ClN4O3S. The van der Waals surface area contributed by atoms with E-state index in [9.17, 15) is 13.8 Å². The Morgan fingerprint density at radius 1 is 0.881 bits per heavy atom. The second-order valence-corrected chi connectivity index (χ2v) is 13.3. The molecule has 3 aliphatic heterocycles. The first-order valence-electron chi connectivity index (χ1n) is 14.8. The van der Waals surface area contributed by atoms with Crippen molar-refractivity contribution in [2.45, 2.75) is 49.6 Å². The maximum absolute atomic E-state index is 14.1. The minimum atomic E-state index is -1.10. The summed E-state index contributed by atoms with van der Waals surface area (Å²) in [5.74, 6) is -0.193. The van der Waals surface area contributed by atoms with E-state index in [1.165, 1.54) is 29.0 Å². The highest BCUT2D eigenvalue weighted by Gasteiger charge is 2.58. The van der Waals surface area contributed by atoms with Gasteiger partial charge in [0, 0.05) is 66.9 Å². The Morgan fingerprint density at radius 2 is 1.57 bits per heavy atom. The first-order valence-corrected chi connectivity index (χ1v) is 16.7. The van der Waals surface area contributed by atoms with Crippen LogP contribution in [-0.4, -0.2) is 70.5 Å². The molecule has 1 spiro atoms. The molecule has 0 bridgehead atoms. The fourth-order valence-electron chi connectivity index (χ4n) is 6.70. The number of hydrogen-bond acceptors (Lipinski definition) is 5. The van der Waals surface area contributed by atoms with E-state index in [1.807, 2.05) is 37.3 Å². The zero-order chi connectivity index (χ0) is 29.4. The zero-order valence-corrected chi connectivity index (χ0v) is 25.8. The van der Waals surface area contributed by atoms with Crippen LogP contribution in [0, 0.1) is 0 Å². The number of piperidine rings is 1. The molecule has 0 radical (unpaired) electrons. The first-order chi connectivity index (χ1) is 20.3. The third kappa shape index (κ3) is 5.25. The second-order valence-electron chi connectivity index (χ2n) is 11.5. The summed E-state index contributed by atoms with van der Waals surface area (Å²) in [5, 5.41) is 0.333. The van der Waals surface area contributed by atoms with Crippen molar-refractivity contribution < 1.29 is 13.8 Å². The van der Waals surface area contributed by atoms with Crippen LogP contribution in [0.25, 0.3) is 11.1 Å². The summed E-state index contributed by atoms with van der Waals surface area (Å²) in [6.07, 6.45) is 5.35. The lowest BCUT2D eigenvalue weighted by molar-refractivity contribution is -0.127. The van der Waals surface area contributed by atoms with Crippen LogP contribution < -0.4 is 9.80 Å². The first kappa shape index (κ1) is 28.9. The van der Waals surface area contributed by atoms with Gasteiger partial charge in [-0.2, -0.15) is 0 Å². The summed E-state index contributed by atoms with van der Waals surface area (Å²) in [6.45, 7) is 6.95. The average Bonchev–Trinajstić information content (AvgIpc) is 3.61. The largest absolute Gasteiger partial charge is 0.372 e. The SMILES string of the molecule is CCN1C(=O)N(c2ccc(-c3cccc(S(C)=O)c3)cc2Cl)C(=O)C12CCN(Cc1ccc(N3CCCC3)cc1)CC2. The van der Waals surface area contributed by atoms with Gasteiger partial charge in [-0.1, -0.05) is 41.9 Å². The quantitative estimate of drug-likeness (QED) is 0.302. The van der Waals surface area contributed by atoms with Gasteiger partial charge in [-0.05, 0) is 85.7 Å². The van der Waals surface area contributed by atoms with Gasteiger partial charge in [-0.15, -0.1) is 0 Å². The molecule has 7 nitrogen and oxygen atoms in total. The molecule has 9 heteroatoms. The smallest absolute Gasteiger partial charge is 0.332 e. The lowest BCUT2D eigenvalue weighted by Gasteiger charge is -2.41. The van der Waals surface area contributed by atoms with Crippen molar-refractivity contribution in [2.75, 3.05) is 48.8 Å². The molecule has 0 aromatic heterocycles. The summed E-state index contributed by atoms with van der Waals surface area (Å²) in [4.78, 5) is 36.3. The fourth-order valence-corrected chi connectivity index (χ4v) is 7.53. The van der Waals surface area contributed by atoms with Gasteiger partial charge in [0.05, 0.1) is 10.7 Å². The van der Waals surface area contributed by atoms with E-state index >= 15 is 0 Å². The second kappa shape index (κ2) is 11.8. The van der Waals surface area contributed by atoms with E-state index in [0.717, 1.165) is 48.7 Å². The zero-order valence-electron chi connectivity index (χ0n) is 24.2. The molecule has 3 aliphatic rings. The van der Waals surface area contributed by atoms with Crippen LogP contribution in [0.4, 0.5) is 16.2 Å². The number of nitrogens with zero attached hydrogens (tertiary/aromatic N) is 4. The molecule has 3 heterocycles. The number of carbonyl (C=O) groups is 2. The maximum atomic E-state index is 14.1. The number of halogens is 1. The van der Waals surface area contributed by atoms with E-state index in [-0.39, 0.29) is 11.9 Å². The molecule has 3 amide bonds. The monoisotopic (exact) mass is 604 g/mol. The van der Waals surface area contributed by atoms with Crippen molar-refractivity contribution in [1.29, 1.82) is 0 Å². The van der Waals surface area contributed by atoms with Crippen LogP contribution in [-0.2, 0) is 22.1 Å². The van der Waals surface area contributed by atoms with E-state index in [1.54, 1.807) is 23.3 Å². The van der Waals surface area contributed by atoms with Gasteiger partial charge in [0.15, 0.2) is 0 Å². The van der Waals surface area contributed by atoms with Gasteiger partial charge in [0.2, 0.25) is 0 Å². The molecule has 3 saturated heterocycles. The van der Waals surface area contributed by atoms with E-state index < -0.39 is 16.3 Å². The molecule has 3 fully saturated rings. The Bertz CT molecular complexity index is 1510. The van der Waals surface area contributed by atoms with Crippen LogP contribution in [0.1, 0.15) is 38.2 Å². The Hall–Kier alpha value is -3.20. The van der Waals surface area contributed by atoms with Crippen molar-refractivity contribution >= 4 is 45.7 Å². The van der Waals surface area contributed by atoms with E-state index in [4.69, 9.17) is 11.6 Å². The molecular weight excluding hydrogens is 568 g/mol. The third-order valence-corrected chi connectivity index (χ3v) is 10.3. The number of amides is 3. The van der Waals surface area contributed by atoms with E-state index in [0.29, 0.717) is 30.1 Å². The number of carbonyl (C=O) groups excluding carboxylic acids is 2. The van der Waals surface area contributed by atoms with Crippen molar-refractivity contribution in [2.24, 2.45) is 0 Å². The highest BCUT2D eigenvalue weighted by atomic mass is 35.5. The predicted octanol–water partition coefficient (Wildman–Crippen LogP) is 6.17. The van der Waals surface area contributed by atoms with Crippen molar-refractivity contribution in [3.8, 4) is 11.1 Å². The van der Waals surface area contributed by atoms with Crippen molar-refractivity contribution in [3.63, 3.8) is 0 Å². The summed E-state index contributed by atoms with van der Waals surface area (Å²) in [6, 6.07) is 21.4. The number of benzene rings is 3. The van der Waals surface area contributed by atoms with Crippen LogP contribution in [0.2, 0.25) is 5.02 Å². The number of likely N-dealkylation sites (N-methyl/N-ethyl adjacent to an activating group) is 1. The average molecular weight is 605 g/mol. The highest BCUT2D eigenvalue weighted by Crippen LogP contribution is 2.42. The Kier molecular flexibility index (Phi) is 8.13. The molecule has 3 aromatic carbocycles. The van der Waals surface area contributed by atoms with Gasteiger partial charge in [-0.3, -0.25) is 13.9 Å². The molecule has 42 heavy (non-hydrogen) atoms. The van der Waals surface area contributed by atoms with Crippen molar-refractivity contribution in [3.05, 3.63) is 77.3 Å². The molecule has 3 aromatic rings. The van der Waals surface area contributed by atoms with Crippen LogP contribution in [0.3, 0.4) is 0 Å². The summed E-state index contributed by atoms with van der Waals surface area (Å²) >= 11 is 6.74. The molecule has 0 N–H and O–H groups in total. The molecule has 1 unspecified atom stereocenters. The van der Waals surface area contributed by atoms with Crippen LogP contribution in [0.15, 0.2) is 71.6 Å². The Morgan fingerprint density at radius 3 is 2.21 bits per heavy atom. The summed E-state index contributed by atoms with van der Waals surface area (Å²) in [7, 11) is -1.10. The van der Waals surface area contributed by atoms with Gasteiger partial charge in [0.1, 0.15) is 5.54 Å². The van der Waals surface area contributed by atoms with Gasteiger partial charge in [-0.25, -0.2) is 9.69 Å². The van der Waals surface area contributed by atoms with Crippen LogP contribution in [0.5, 0.6) is 0 Å². The maximum Gasteiger partial charge on any atom is 0.332 e. The third-order valence-electron chi connectivity index (χ3n) is 9.04. The topological polar surface area (TPSA) is 64.2 Å². The lowest BCUT2D eigenvalue weighted by atomic mass is 9.85. The highest BCUT2D eigenvalue weighted by molar-refractivity contribution is 7.84. The number of urea groups is 1. The van der Waals surface area contributed by atoms with Crippen molar-refractivity contribution in [1.82, 2.24) is 9.80 Å². The molecule has 0 aliphatic carbocycles. The molecule has 1 atom stereocenters. The Labute approximate surface area is 255 Å². The van der Waals surface area contributed by atoms with Crippen LogP contribution >= 0.6 is 11.6 Å². The number of hydrogen-bond donors (Lipinski definition) is 0. The normalized spacial score (nSPS) is 19.7. The number of rotatable bonds is 7. The summed E-state index contributed by atoms with van der Waals surface area (Å²) < 4.78 is 12.0.